The van der Waals surface area contributed by atoms with Gasteiger partial charge in [0.05, 0.1) is 19.2 Å². The van der Waals surface area contributed by atoms with Crippen LogP contribution in [-0.4, -0.2) is 54.8 Å². The number of benzene rings is 1. The Kier molecular flexibility index (Phi) is 6.30. The minimum Gasteiger partial charge on any atom is -0.444 e. The van der Waals surface area contributed by atoms with Crippen LogP contribution in [0.5, 0.6) is 0 Å². The van der Waals surface area contributed by atoms with Crippen molar-refractivity contribution in [1.29, 1.82) is 0 Å². The average molecular weight is 369 g/mol. The predicted octanol–water partition coefficient (Wildman–Crippen LogP) is 2.63. The van der Waals surface area contributed by atoms with Crippen LogP contribution in [0.1, 0.15) is 26.3 Å². The van der Waals surface area contributed by atoms with Crippen molar-refractivity contribution in [3.05, 3.63) is 34.9 Å². The summed E-state index contributed by atoms with van der Waals surface area (Å²) < 4.78 is 11.2. The zero-order valence-electron chi connectivity index (χ0n) is 15.0. The molecule has 2 amide bonds. The number of carbonyl (C=O) groups is 2. The van der Waals surface area contributed by atoms with Crippen molar-refractivity contribution >= 4 is 23.6 Å². The second-order valence-electron chi connectivity index (χ2n) is 7.05. The summed E-state index contributed by atoms with van der Waals surface area (Å²) in [7, 11) is 1.54. The SMILES string of the molecule is CNC(=O)C1CN(C(=O)OC(C)(C)C)[C@@H](Cc2ccc(Cl)cc2)CO1. The van der Waals surface area contributed by atoms with Crippen molar-refractivity contribution in [2.75, 3.05) is 20.2 Å². The molecular weight excluding hydrogens is 344 g/mol. The number of carbonyl (C=O) groups excluding carboxylic acids is 2. The van der Waals surface area contributed by atoms with Crippen molar-refractivity contribution in [3.63, 3.8) is 0 Å². The molecule has 0 saturated carbocycles. The van der Waals surface area contributed by atoms with Crippen LogP contribution in [0.4, 0.5) is 4.79 Å². The van der Waals surface area contributed by atoms with Crippen molar-refractivity contribution in [2.24, 2.45) is 0 Å². The molecule has 0 spiro atoms. The van der Waals surface area contributed by atoms with Gasteiger partial charge >= 0.3 is 6.09 Å². The van der Waals surface area contributed by atoms with Gasteiger partial charge in [0.1, 0.15) is 5.60 Å². The lowest BCUT2D eigenvalue weighted by Gasteiger charge is -2.39. The van der Waals surface area contributed by atoms with Crippen LogP contribution in [0, 0.1) is 0 Å². The smallest absolute Gasteiger partial charge is 0.410 e. The highest BCUT2D eigenvalue weighted by molar-refractivity contribution is 6.30. The average Bonchev–Trinajstić information content (AvgIpc) is 2.55. The van der Waals surface area contributed by atoms with E-state index in [4.69, 9.17) is 21.1 Å². The number of rotatable bonds is 3. The molecule has 1 unspecified atom stereocenters. The quantitative estimate of drug-likeness (QED) is 0.890. The lowest BCUT2D eigenvalue weighted by molar-refractivity contribution is -0.140. The first kappa shape index (κ1) is 19.5. The molecule has 25 heavy (non-hydrogen) atoms. The standard InChI is InChI=1S/C18H25ClN2O4/c1-18(2,3)25-17(23)21-10-15(16(22)20-4)24-11-14(21)9-12-5-7-13(19)8-6-12/h5-8,14-15H,9-11H2,1-4H3,(H,20,22)/t14-,15?/m0/s1. The molecule has 1 heterocycles. The molecule has 1 fully saturated rings. The van der Waals surface area contributed by atoms with Gasteiger partial charge in [-0.15, -0.1) is 0 Å². The van der Waals surface area contributed by atoms with Crippen molar-refractivity contribution < 1.29 is 19.1 Å². The minimum absolute atomic E-state index is 0.160. The second kappa shape index (κ2) is 8.06. The number of amides is 2. The fourth-order valence-electron chi connectivity index (χ4n) is 2.62. The van der Waals surface area contributed by atoms with Crippen LogP contribution in [-0.2, 0) is 20.7 Å². The number of ether oxygens (including phenoxy) is 2. The monoisotopic (exact) mass is 368 g/mol. The van der Waals surface area contributed by atoms with E-state index in [1.54, 1.807) is 11.9 Å². The highest BCUT2D eigenvalue weighted by Gasteiger charge is 2.37. The summed E-state index contributed by atoms with van der Waals surface area (Å²) in [5.41, 5.74) is 0.424. The van der Waals surface area contributed by atoms with E-state index in [0.717, 1.165) is 5.56 Å². The van der Waals surface area contributed by atoms with Crippen LogP contribution in [0.25, 0.3) is 0 Å². The Morgan fingerprint density at radius 1 is 1.32 bits per heavy atom. The molecule has 1 aliphatic heterocycles. The Labute approximate surface area is 153 Å². The van der Waals surface area contributed by atoms with Gasteiger partial charge in [-0.05, 0) is 44.9 Å². The number of morpholine rings is 1. The van der Waals surface area contributed by atoms with Gasteiger partial charge in [0.15, 0.2) is 6.10 Å². The summed E-state index contributed by atoms with van der Waals surface area (Å²) in [5.74, 6) is -0.251. The highest BCUT2D eigenvalue weighted by Crippen LogP contribution is 2.21. The number of likely N-dealkylation sites (N-methyl/N-ethyl adjacent to an activating group) is 1. The van der Waals surface area contributed by atoms with E-state index < -0.39 is 17.8 Å². The molecular formula is C18H25ClN2O4. The van der Waals surface area contributed by atoms with Crippen LogP contribution >= 0.6 is 11.6 Å². The Morgan fingerprint density at radius 2 is 1.96 bits per heavy atom. The van der Waals surface area contributed by atoms with Gasteiger partial charge in [-0.3, -0.25) is 9.69 Å². The second-order valence-corrected chi connectivity index (χ2v) is 7.49. The number of hydrogen-bond donors (Lipinski definition) is 1. The molecule has 1 saturated heterocycles. The first-order valence-electron chi connectivity index (χ1n) is 8.27. The number of nitrogens with one attached hydrogen (secondary N) is 1. The van der Waals surface area contributed by atoms with E-state index in [-0.39, 0.29) is 25.1 Å². The molecule has 6 nitrogen and oxygen atoms in total. The number of nitrogens with zero attached hydrogens (tertiary/aromatic N) is 1. The van der Waals surface area contributed by atoms with E-state index in [9.17, 15) is 9.59 Å². The van der Waals surface area contributed by atoms with Crippen LogP contribution in [0.3, 0.4) is 0 Å². The van der Waals surface area contributed by atoms with E-state index in [1.807, 2.05) is 45.0 Å². The van der Waals surface area contributed by atoms with E-state index >= 15 is 0 Å². The maximum atomic E-state index is 12.6. The number of hydrogen-bond acceptors (Lipinski definition) is 4. The summed E-state index contributed by atoms with van der Waals surface area (Å²) in [6.07, 6.45) is -0.542. The number of halogens is 1. The molecule has 138 valence electrons. The zero-order valence-corrected chi connectivity index (χ0v) is 15.8. The third kappa shape index (κ3) is 5.61. The van der Waals surface area contributed by atoms with Crippen LogP contribution < -0.4 is 5.32 Å². The predicted molar refractivity (Wildman–Crippen MR) is 95.7 cm³/mol. The third-order valence-corrected chi connectivity index (χ3v) is 4.10. The minimum atomic E-state index is -0.695. The Bertz CT molecular complexity index is 612. The fourth-order valence-corrected chi connectivity index (χ4v) is 2.75. The lowest BCUT2D eigenvalue weighted by atomic mass is 10.0. The molecule has 2 atom stereocenters. The van der Waals surface area contributed by atoms with Crippen molar-refractivity contribution in [2.45, 2.75) is 44.9 Å². The first-order valence-corrected chi connectivity index (χ1v) is 8.64. The van der Waals surface area contributed by atoms with Crippen molar-refractivity contribution in [3.8, 4) is 0 Å². The maximum absolute atomic E-state index is 12.6. The zero-order chi connectivity index (χ0) is 18.6. The maximum Gasteiger partial charge on any atom is 0.410 e. The summed E-state index contributed by atoms with van der Waals surface area (Å²) in [5, 5.41) is 3.22. The van der Waals surface area contributed by atoms with Crippen molar-refractivity contribution in [1.82, 2.24) is 10.2 Å². The summed E-state index contributed by atoms with van der Waals surface area (Å²) in [4.78, 5) is 26.1. The molecule has 1 aromatic carbocycles. The molecule has 0 radical (unpaired) electrons. The Hall–Kier alpha value is -1.79. The van der Waals surface area contributed by atoms with Crippen LogP contribution in [0.15, 0.2) is 24.3 Å². The van der Waals surface area contributed by atoms with Crippen LogP contribution in [0.2, 0.25) is 5.02 Å². The van der Waals surface area contributed by atoms with Gasteiger partial charge in [0.2, 0.25) is 0 Å². The van der Waals surface area contributed by atoms with Gasteiger partial charge < -0.3 is 14.8 Å². The van der Waals surface area contributed by atoms with Gasteiger partial charge in [-0.25, -0.2) is 4.79 Å². The van der Waals surface area contributed by atoms with Gasteiger partial charge in [-0.2, -0.15) is 0 Å². The Morgan fingerprint density at radius 3 is 2.52 bits per heavy atom. The molecule has 2 rings (SSSR count). The molecule has 0 bridgehead atoms. The highest BCUT2D eigenvalue weighted by atomic mass is 35.5. The van der Waals surface area contributed by atoms with E-state index in [1.165, 1.54) is 0 Å². The topological polar surface area (TPSA) is 67.9 Å². The molecule has 7 heteroatoms. The molecule has 0 aliphatic carbocycles. The van der Waals surface area contributed by atoms with Gasteiger partial charge in [0.25, 0.3) is 5.91 Å². The van der Waals surface area contributed by atoms with E-state index in [2.05, 4.69) is 5.32 Å². The lowest BCUT2D eigenvalue weighted by Crippen LogP contribution is -2.57. The van der Waals surface area contributed by atoms with Gasteiger partial charge in [-0.1, -0.05) is 23.7 Å². The molecule has 1 aromatic rings. The summed E-state index contributed by atoms with van der Waals surface area (Å²) >= 11 is 5.92. The molecule has 1 aliphatic rings. The Balaban J connectivity index is 2.15. The molecule has 0 aromatic heterocycles. The van der Waals surface area contributed by atoms with E-state index in [0.29, 0.717) is 11.4 Å². The largest absolute Gasteiger partial charge is 0.444 e. The summed E-state index contributed by atoms with van der Waals surface area (Å²) in [6.45, 7) is 5.87. The third-order valence-electron chi connectivity index (χ3n) is 3.84. The summed E-state index contributed by atoms with van der Waals surface area (Å²) in [6, 6.07) is 7.25. The first-order chi connectivity index (χ1) is 11.7. The normalized spacial score (nSPS) is 20.9. The van der Waals surface area contributed by atoms with Gasteiger partial charge in [0, 0.05) is 12.1 Å². The fraction of sp³-hybridized carbons (Fsp3) is 0.556. The molecule has 1 N–H and O–H groups in total.